The molecule has 0 saturated heterocycles. The molecule has 0 aliphatic heterocycles. The Morgan fingerprint density at radius 3 is 2.32 bits per heavy atom. The van der Waals surface area contributed by atoms with Gasteiger partial charge in [0.05, 0.1) is 5.69 Å². The van der Waals surface area contributed by atoms with Crippen LogP contribution in [0.3, 0.4) is 0 Å². The number of rotatable bonds is 8. The number of fused-ring (bicyclic) bond motifs is 1. The number of hydrogen-bond donors (Lipinski definition) is 3. The third-order valence-electron chi connectivity index (χ3n) is 5.74. The van der Waals surface area contributed by atoms with E-state index in [2.05, 4.69) is 89.9 Å². The summed E-state index contributed by atoms with van der Waals surface area (Å²) in [5.41, 5.74) is 6.02. The molecule has 0 fully saturated rings. The van der Waals surface area contributed by atoms with Gasteiger partial charge in [-0.2, -0.15) is 0 Å². The first-order chi connectivity index (χ1) is 17.5. The Labute approximate surface area is 219 Å². The third kappa shape index (κ3) is 7.75. The highest BCUT2D eigenvalue weighted by Gasteiger charge is 2.13. The zero-order valence-corrected chi connectivity index (χ0v) is 23.1. The molecule has 0 aliphatic rings. The molecule has 0 saturated carbocycles. The molecule has 0 spiro atoms. The Morgan fingerprint density at radius 2 is 1.70 bits per heavy atom. The lowest BCUT2D eigenvalue weighted by atomic mass is 10.1. The lowest BCUT2D eigenvalue weighted by Crippen LogP contribution is -2.28. The van der Waals surface area contributed by atoms with Crippen molar-refractivity contribution in [1.29, 1.82) is 0 Å². The Kier molecular flexibility index (Phi) is 9.61. The second kappa shape index (κ2) is 12.7. The predicted molar refractivity (Wildman–Crippen MR) is 155 cm³/mol. The van der Waals surface area contributed by atoms with Gasteiger partial charge in [0, 0.05) is 61.0 Å². The molecule has 2 heterocycles. The monoisotopic (exact) mass is 523 g/mol. The van der Waals surface area contributed by atoms with Gasteiger partial charge in [0.15, 0.2) is 0 Å². The molecule has 3 N–H and O–H groups in total. The summed E-state index contributed by atoms with van der Waals surface area (Å²) in [7, 11) is 5.84. The first kappa shape index (κ1) is 28.1. The Hall–Kier alpha value is -3.48. The number of H-pyrrole nitrogens is 1. The van der Waals surface area contributed by atoms with Crippen molar-refractivity contribution in [2.75, 3.05) is 57.8 Å². The highest BCUT2D eigenvalue weighted by Crippen LogP contribution is 2.33. The predicted octanol–water partition coefficient (Wildman–Crippen LogP) is 5.57. The normalized spacial score (nSPS) is 10.9. The molecule has 2 aromatic heterocycles. The number of pyridine rings is 1. The maximum atomic E-state index is 13.8. The van der Waals surface area contributed by atoms with Gasteiger partial charge in [0.25, 0.3) is 5.97 Å². The zero-order valence-electron chi connectivity index (χ0n) is 22.2. The van der Waals surface area contributed by atoms with Crippen LogP contribution >= 0.6 is 7.92 Å². The molecule has 196 valence electrons. The van der Waals surface area contributed by atoms with Crippen molar-refractivity contribution in [2.24, 2.45) is 0 Å². The maximum Gasteiger partial charge on any atom is 0.300 e. The van der Waals surface area contributed by atoms with Crippen LogP contribution in [0.4, 0.5) is 21.5 Å². The summed E-state index contributed by atoms with van der Waals surface area (Å²) in [4.78, 5) is 21.4. The molecular formula is C28H35FN5O2P. The van der Waals surface area contributed by atoms with Crippen LogP contribution in [0, 0.1) is 5.82 Å². The number of nitrogens with one attached hydrogen (secondary N) is 2. The number of aliphatic carboxylic acids is 1. The van der Waals surface area contributed by atoms with Gasteiger partial charge in [-0.3, -0.25) is 4.79 Å². The summed E-state index contributed by atoms with van der Waals surface area (Å²) in [6, 6.07) is 17.6. The van der Waals surface area contributed by atoms with E-state index in [0.717, 1.165) is 59.0 Å². The van der Waals surface area contributed by atoms with Crippen molar-refractivity contribution in [1.82, 2.24) is 14.9 Å². The van der Waals surface area contributed by atoms with E-state index >= 15 is 0 Å². The van der Waals surface area contributed by atoms with Gasteiger partial charge >= 0.3 is 0 Å². The Bertz CT molecular complexity index is 1330. The standard InChI is InChI=1S/C26H31FN5P.C2H4O2/c1-31(2)14-15-32(3)20-9-6-18(7-10-20)24-17-21-22(12-13-28-26(21)30-24)29-23-11-8-19(27)16-25(23)33(4)5;1-2(3)4/h6-13,16-17H,14-15H2,1-5H3,(H2,28,29,30);1H3,(H,3,4). The van der Waals surface area contributed by atoms with Crippen molar-refractivity contribution in [3.8, 4) is 11.3 Å². The summed E-state index contributed by atoms with van der Waals surface area (Å²) >= 11 is 0. The number of carboxylic acids is 1. The molecule has 0 unspecified atom stereocenters. The van der Waals surface area contributed by atoms with Gasteiger partial charge in [-0.05, 0) is 75.5 Å². The van der Waals surface area contributed by atoms with E-state index in [1.807, 2.05) is 12.1 Å². The number of hydrogen-bond acceptors (Lipinski definition) is 5. The van der Waals surface area contributed by atoms with Crippen molar-refractivity contribution in [3.63, 3.8) is 0 Å². The second-order valence-electron chi connectivity index (χ2n) is 9.28. The van der Waals surface area contributed by atoms with Gasteiger partial charge < -0.3 is 25.2 Å². The molecule has 0 radical (unpaired) electrons. The summed E-state index contributed by atoms with van der Waals surface area (Å²) in [6.45, 7) is 7.33. The summed E-state index contributed by atoms with van der Waals surface area (Å²) < 4.78 is 13.8. The van der Waals surface area contributed by atoms with Crippen molar-refractivity contribution in [2.45, 2.75) is 6.92 Å². The van der Waals surface area contributed by atoms with Crippen molar-refractivity contribution in [3.05, 3.63) is 66.6 Å². The van der Waals surface area contributed by atoms with Crippen LogP contribution in [0.15, 0.2) is 60.8 Å². The zero-order chi connectivity index (χ0) is 27.1. The molecule has 9 heteroatoms. The fraction of sp³-hybridized carbons (Fsp3) is 0.286. The Morgan fingerprint density at radius 1 is 1.03 bits per heavy atom. The average molecular weight is 524 g/mol. The van der Waals surface area contributed by atoms with E-state index in [1.54, 1.807) is 12.3 Å². The van der Waals surface area contributed by atoms with E-state index in [4.69, 9.17) is 9.90 Å². The molecular weight excluding hydrogens is 488 g/mol. The van der Waals surface area contributed by atoms with Gasteiger partial charge in [-0.15, -0.1) is 0 Å². The number of benzene rings is 2. The second-order valence-corrected chi connectivity index (χ2v) is 11.5. The van der Waals surface area contributed by atoms with Crippen molar-refractivity contribution < 1.29 is 14.3 Å². The van der Waals surface area contributed by atoms with Crippen LogP contribution in [0.5, 0.6) is 0 Å². The third-order valence-corrected chi connectivity index (χ3v) is 7.08. The van der Waals surface area contributed by atoms with Crippen molar-refractivity contribution >= 4 is 47.3 Å². The number of carboxylic acid groups (broad SMARTS) is 1. The first-order valence-electron chi connectivity index (χ1n) is 11.9. The van der Waals surface area contributed by atoms with Crippen LogP contribution in [-0.4, -0.2) is 73.5 Å². The first-order valence-corrected chi connectivity index (χ1v) is 14.2. The van der Waals surface area contributed by atoms with Gasteiger partial charge in [-0.1, -0.05) is 20.1 Å². The molecule has 0 atom stereocenters. The van der Waals surface area contributed by atoms with Crippen LogP contribution in [0.1, 0.15) is 6.92 Å². The molecule has 7 nitrogen and oxygen atoms in total. The molecule has 37 heavy (non-hydrogen) atoms. The largest absolute Gasteiger partial charge is 0.481 e. The number of anilines is 3. The Balaban J connectivity index is 0.000000886. The van der Waals surface area contributed by atoms with E-state index in [1.165, 1.54) is 11.8 Å². The SMILES string of the molecule is CC(=O)O.CN(C)CCN(C)c1ccc(-c2cc3c(Nc4ccc(F)cc4P(C)C)ccnc3[nH]2)cc1. The smallest absolute Gasteiger partial charge is 0.300 e. The van der Waals surface area contributed by atoms with Crippen LogP contribution in [0.25, 0.3) is 22.3 Å². The number of aromatic nitrogens is 2. The summed E-state index contributed by atoms with van der Waals surface area (Å²) in [6.07, 6.45) is 1.79. The highest BCUT2D eigenvalue weighted by atomic mass is 31.1. The van der Waals surface area contributed by atoms with E-state index < -0.39 is 13.9 Å². The molecule has 4 aromatic rings. The van der Waals surface area contributed by atoms with Gasteiger partial charge in [0.2, 0.25) is 0 Å². The minimum atomic E-state index is -0.833. The molecule has 4 rings (SSSR count). The fourth-order valence-corrected chi connectivity index (χ4v) is 4.79. The van der Waals surface area contributed by atoms with Crippen LogP contribution in [0.2, 0.25) is 0 Å². The quantitative estimate of drug-likeness (QED) is 0.262. The van der Waals surface area contributed by atoms with E-state index in [0.29, 0.717) is 0 Å². The highest BCUT2D eigenvalue weighted by molar-refractivity contribution is 7.64. The molecule has 0 aliphatic carbocycles. The topological polar surface area (TPSA) is 84.5 Å². The van der Waals surface area contributed by atoms with Crippen LogP contribution in [-0.2, 0) is 4.79 Å². The lowest BCUT2D eigenvalue weighted by molar-refractivity contribution is -0.134. The fourth-order valence-electron chi connectivity index (χ4n) is 3.79. The maximum absolute atomic E-state index is 13.8. The number of nitrogens with zero attached hydrogens (tertiary/aromatic N) is 3. The van der Waals surface area contributed by atoms with E-state index in [-0.39, 0.29) is 5.82 Å². The minimum absolute atomic E-state index is 0.202. The molecule has 0 amide bonds. The average Bonchev–Trinajstić information content (AvgIpc) is 3.28. The summed E-state index contributed by atoms with van der Waals surface area (Å²) in [5.74, 6) is -1.04. The van der Waals surface area contributed by atoms with E-state index in [9.17, 15) is 4.39 Å². The molecule has 2 aromatic carbocycles. The minimum Gasteiger partial charge on any atom is -0.481 e. The number of carbonyl (C=O) groups is 1. The molecule has 0 bridgehead atoms. The lowest BCUT2D eigenvalue weighted by Gasteiger charge is -2.21. The number of aromatic amines is 1. The summed E-state index contributed by atoms with van der Waals surface area (Å²) in [5, 5.41) is 13.0. The van der Waals surface area contributed by atoms with Gasteiger partial charge in [-0.25, -0.2) is 9.37 Å². The van der Waals surface area contributed by atoms with Gasteiger partial charge in [0.1, 0.15) is 11.5 Å². The van der Waals surface area contributed by atoms with Crippen LogP contribution < -0.4 is 15.5 Å². The number of halogens is 1. The number of likely N-dealkylation sites (N-methyl/N-ethyl adjacent to an activating group) is 2.